The van der Waals surface area contributed by atoms with Crippen molar-refractivity contribution in [2.75, 3.05) is 19.0 Å². The van der Waals surface area contributed by atoms with Crippen molar-refractivity contribution in [3.05, 3.63) is 57.1 Å². The van der Waals surface area contributed by atoms with E-state index in [2.05, 4.69) is 11.2 Å². The normalized spacial score (nSPS) is 9.88. The van der Waals surface area contributed by atoms with Crippen LogP contribution in [0.5, 0.6) is 11.5 Å². The molecule has 0 aliphatic rings. The zero-order chi connectivity index (χ0) is 17.5. The van der Waals surface area contributed by atoms with Crippen molar-refractivity contribution in [3.63, 3.8) is 0 Å². The molecule has 0 atom stereocenters. The Labute approximate surface area is 144 Å². The van der Waals surface area contributed by atoms with Crippen molar-refractivity contribution in [2.24, 2.45) is 0 Å². The van der Waals surface area contributed by atoms with Gasteiger partial charge in [0.05, 0.1) is 17.1 Å². The van der Waals surface area contributed by atoms with Crippen LogP contribution in [0.2, 0.25) is 5.02 Å². The van der Waals surface area contributed by atoms with E-state index in [9.17, 15) is 10.1 Å². The summed E-state index contributed by atoms with van der Waals surface area (Å²) in [4.78, 5) is 10.2. The highest BCUT2D eigenvalue weighted by Crippen LogP contribution is 2.36. The number of non-ortho nitro benzene ring substituents is 1. The molecule has 24 heavy (non-hydrogen) atoms. The Hall–Kier alpha value is -2.91. The van der Waals surface area contributed by atoms with Gasteiger partial charge in [-0.05, 0) is 29.8 Å². The predicted octanol–water partition coefficient (Wildman–Crippen LogP) is 3.88. The zero-order valence-electron chi connectivity index (χ0n) is 12.9. The van der Waals surface area contributed by atoms with Crippen molar-refractivity contribution < 1.29 is 14.4 Å². The van der Waals surface area contributed by atoms with E-state index in [-0.39, 0.29) is 12.3 Å². The molecular formula is C17H15ClN2O4. The Morgan fingerprint density at radius 1 is 1.33 bits per heavy atom. The highest BCUT2D eigenvalue weighted by Gasteiger charge is 2.12. The molecule has 0 heterocycles. The summed E-state index contributed by atoms with van der Waals surface area (Å²) >= 11 is 6.21. The molecule has 2 rings (SSSR count). The number of halogens is 1. The molecule has 2 aromatic carbocycles. The van der Waals surface area contributed by atoms with Gasteiger partial charge in [0.2, 0.25) is 0 Å². The molecule has 2 aromatic rings. The fourth-order valence-corrected chi connectivity index (χ4v) is 2.32. The Kier molecular flexibility index (Phi) is 5.88. The molecule has 0 aliphatic carbocycles. The molecule has 0 saturated carbocycles. The van der Waals surface area contributed by atoms with Gasteiger partial charge in [-0.3, -0.25) is 10.1 Å². The molecule has 0 bridgehead atoms. The number of nitro groups is 1. The molecule has 0 unspecified atom stereocenters. The summed E-state index contributed by atoms with van der Waals surface area (Å²) in [7, 11) is 1.52. The minimum atomic E-state index is -0.441. The summed E-state index contributed by atoms with van der Waals surface area (Å²) in [6.07, 6.45) is 5.18. The van der Waals surface area contributed by atoms with E-state index in [0.717, 1.165) is 11.3 Å². The molecule has 0 amide bonds. The minimum absolute atomic E-state index is 0.0419. The van der Waals surface area contributed by atoms with Crippen LogP contribution >= 0.6 is 11.6 Å². The Morgan fingerprint density at radius 2 is 2.04 bits per heavy atom. The summed E-state index contributed by atoms with van der Waals surface area (Å²) < 4.78 is 10.7. The molecule has 7 heteroatoms. The van der Waals surface area contributed by atoms with E-state index in [1.54, 1.807) is 24.3 Å². The van der Waals surface area contributed by atoms with Crippen molar-refractivity contribution in [1.82, 2.24) is 0 Å². The molecule has 0 fully saturated rings. The van der Waals surface area contributed by atoms with Crippen molar-refractivity contribution in [1.29, 1.82) is 0 Å². The lowest BCUT2D eigenvalue weighted by atomic mass is 10.2. The monoisotopic (exact) mass is 346 g/mol. The second-order valence-electron chi connectivity index (χ2n) is 4.76. The Morgan fingerprint density at radius 3 is 2.62 bits per heavy atom. The van der Waals surface area contributed by atoms with Crippen LogP contribution in [-0.2, 0) is 6.54 Å². The number of nitrogens with one attached hydrogen (secondary N) is 1. The van der Waals surface area contributed by atoms with Crippen LogP contribution in [0.4, 0.5) is 11.4 Å². The topological polar surface area (TPSA) is 73.6 Å². The summed E-state index contributed by atoms with van der Waals surface area (Å²) in [6.45, 7) is 0.555. The van der Waals surface area contributed by atoms with Gasteiger partial charge in [-0.25, -0.2) is 0 Å². The number of nitrogens with zero attached hydrogens (tertiary/aromatic N) is 1. The van der Waals surface area contributed by atoms with E-state index in [1.807, 2.05) is 0 Å². The van der Waals surface area contributed by atoms with Crippen LogP contribution in [0, 0.1) is 22.5 Å². The van der Waals surface area contributed by atoms with Gasteiger partial charge in [-0.1, -0.05) is 17.5 Å². The van der Waals surface area contributed by atoms with Crippen molar-refractivity contribution in [3.8, 4) is 23.8 Å². The van der Waals surface area contributed by atoms with E-state index in [0.29, 0.717) is 23.1 Å². The minimum Gasteiger partial charge on any atom is -0.493 e. The molecule has 6 nitrogen and oxygen atoms in total. The summed E-state index contributed by atoms with van der Waals surface area (Å²) in [6, 6.07) is 9.69. The maximum Gasteiger partial charge on any atom is 0.269 e. The van der Waals surface area contributed by atoms with Gasteiger partial charge in [0, 0.05) is 24.4 Å². The second-order valence-corrected chi connectivity index (χ2v) is 5.17. The third-order valence-corrected chi connectivity index (χ3v) is 3.44. The number of hydrogen-bond donors (Lipinski definition) is 1. The maximum absolute atomic E-state index is 10.6. The SMILES string of the molecule is C#CCOc1c(Cl)cc(CNc2ccc([N+](=O)[O-])cc2)cc1OC. The first-order chi connectivity index (χ1) is 11.5. The smallest absolute Gasteiger partial charge is 0.269 e. The third kappa shape index (κ3) is 4.31. The zero-order valence-corrected chi connectivity index (χ0v) is 13.7. The fraction of sp³-hybridized carbons (Fsp3) is 0.176. The number of terminal acetylenes is 1. The van der Waals surface area contributed by atoms with Crippen LogP contribution in [0.1, 0.15) is 5.56 Å². The number of methoxy groups -OCH3 is 1. The highest BCUT2D eigenvalue weighted by molar-refractivity contribution is 6.32. The van der Waals surface area contributed by atoms with Crippen LogP contribution in [0.25, 0.3) is 0 Å². The Bertz CT molecular complexity index is 769. The number of ether oxygens (including phenoxy) is 2. The van der Waals surface area contributed by atoms with Crippen LogP contribution < -0.4 is 14.8 Å². The van der Waals surface area contributed by atoms with Gasteiger partial charge in [-0.2, -0.15) is 0 Å². The van der Waals surface area contributed by atoms with Gasteiger partial charge in [0.1, 0.15) is 6.61 Å². The van der Waals surface area contributed by atoms with Gasteiger partial charge >= 0.3 is 0 Å². The lowest BCUT2D eigenvalue weighted by Gasteiger charge is -2.13. The standard InChI is InChI=1S/C17H15ClN2O4/c1-3-8-24-17-15(18)9-12(10-16(17)23-2)11-19-13-4-6-14(7-5-13)20(21)22/h1,4-7,9-10,19H,8,11H2,2H3. The van der Waals surface area contributed by atoms with E-state index < -0.39 is 4.92 Å². The van der Waals surface area contributed by atoms with Gasteiger partial charge in [0.15, 0.2) is 11.5 Å². The average molecular weight is 347 g/mol. The van der Waals surface area contributed by atoms with Crippen molar-refractivity contribution in [2.45, 2.75) is 6.54 Å². The molecular weight excluding hydrogens is 332 g/mol. The van der Waals surface area contributed by atoms with Crippen LogP contribution in [0.3, 0.4) is 0 Å². The van der Waals surface area contributed by atoms with Crippen molar-refractivity contribution >= 4 is 23.0 Å². The summed E-state index contributed by atoms with van der Waals surface area (Å²) in [5, 5.41) is 14.2. The van der Waals surface area contributed by atoms with Crippen LogP contribution in [-0.4, -0.2) is 18.6 Å². The number of rotatable bonds is 7. The largest absolute Gasteiger partial charge is 0.493 e. The number of anilines is 1. The summed E-state index contributed by atoms with van der Waals surface area (Å²) in [5.74, 6) is 3.26. The lowest BCUT2D eigenvalue weighted by Crippen LogP contribution is -2.02. The number of nitro benzene ring substituents is 1. The van der Waals surface area contributed by atoms with E-state index in [4.69, 9.17) is 27.5 Å². The van der Waals surface area contributed by atoms with E-state index >= 15 is 0 Å². The van der Waals surface area contributed by atoms with Gasteiger partial charge in [0.25, 0.3) is 5.69 Å². The number of hydrogen-bond acceptors (Lipinski definition) is 5. The maximum atomic E-state index is 10.6. The van der Waals surface area contributed by atoms with Gasteiger partial charge in [-0.15, -0.1) is 6.42 Å². The Balaban J connectivity index is 2.11. The molecule has 124 valence electrons. The predicted molar refractivity (Wildman–Crippen MR) is 92.8 cm³/mol. The van der Waals surface area contributed by atoms with Gasteiger partial charge < -0.3 is 14.8 Å². The van der Waals surface area contributed by atoms with E-state index in [1.165, 1.54) is 19.2 Å². The summed E-state index contributed by atoms with van der Waals surface area (Å²) in [5.41, 5.74) is 1.66. The second kappa shape index (κ2) is 8.09. The lowest BCUT2D eigenvalue weighted by molar-refractivity contribution is -0.384. The number of benzene rings is 2. The molecule has 1 N–H and O–H groups in total. The van der Waals surface area contributed by atoms with Crippen LogP contribution in [0.15, 0.2) is 36.4 Å². The molecule has 0 spiro atoms. The average Bonchev–Trinajstić information content (AvgIpc) is 2.58. The quantitative estimate of drug-likeness (QED) is 0.468. The highest BCUT2D eigenvalue weighted by atomic mass is 35.5. The molecule has 0 saturated heterocycles. The fourth-order valence-electron chi connectivity index (χ4n) is 2.03. The first kappa shape index (κ1) is 17.4. The first-order valence-electron chi connectivity index (χ1n) is 6.96. The molecule has 0 radical (unpaired) electrons. The third-order valence-electron chi connectivity index (χ3n) is 3.16. The molecule has 0 aromatic heterocycles. The molecule has 0 aliphatic heterocycles. The first-order valence-corrected chi connectivity index (χ1v) is 7.34.